The third kappa shape index (κ3) is 3.15. The molecule has 1 aromatic rings. The maximum absolute atomic E-state index is 13.5. The van der Waals surface area contributed by atoms with Crippen molar-refractivity contribution in [1.82, 2.24) is 0 Å². The van der Waals surface area contributed by atoms with E-state index >= 15 is 0 Å². The molecule has 2 rings (SSSR count). The molecule has 0 bridgehead atoms. The predicted octanol–water partition coefficient (Wildman–Crippen LogP) is 3.95. The minimum Gasteiger partial charge on any atom is -0.487 e. The maximum atomic E-state index is 13.5. The number of ether oxygens (including phenoxy) is 2. The van der Waals surface area contributed by atoms with E-state index in [1.54, 1.807) is 0 Å². The van der Waals surface area contributed by atoms with Crippen LogP contribution in [-0.2, 0) is 4.74 Å². The van der Waals surface area contributed by atoms with Gasteiger partial charge in [0.1, 0.15) is 0 Å². The monoisotopic (exact) mass is 374 g/mol. The zero-order chi connectivity index (χ0) is 15.6. The first-order valence-electron chi connectivity index (χ1n) is 6.20. The SMILES string of the molecule is Fc1c(F)c(F)c(OCC2(CBr)CCOCC2)c(F)c1F. The number of benzene rings is 1. The highest BCUT2D eigenvalue weighted by molar-refractivity contribution is 9.09. The van der Waals surface area contributed by atoms with Crippen molar-refractivity contribution in [2.75, 3.05) is 25.2 Å². The summed E-state index contributed by atoms with van der Waals surface area (Å²) in [4.78, 5) is 0. The van der Waals surface area contributed by atoms with E-state index in [2.05, 4.69) is 15.9 Å². The second-order valence-corrected chi connectivity index (χ2v) is 5.49. The van der Waals surface area contributed by atoms with Crippen LogP contribution in [0.3, 0.4) is 0 Å². The summed E-state index contributed by atoms with van der Waals surface area (Å²) in [5, 5.41) is 0.471. The Labute approximate surface area is 126 Å². The normalized spacial score (nSPS) is 17.8. The lowest BCUT2D eigenvalue weighted by molar-refractivity contribution is 0.00182. The Morgan fingerprint density at radius 2 is 1.38 bits per heavy atom. The number of hydrogen-bond donors (Lipinski definition) is 0. The number of alkyl halides is 1. The molecule has 21 heavy (non-hydrogen) atoms. The minimum absolute atomic E-state index is 0.167. The van der Waals surface area contributed by atoms with Gasteiger partial charge < -0.3 is 9.47 Å². The third-order valence-corrected chi connectivity index (χ3v) is 4.72. The van der Waals surface area contributed by atoms with Crippen molar-refractivity contribution in [2.24, 2.45) is 5.41 Å². The van der Waals surface area contributed by atoms with Crippen LogP contribution in [0, 0.1) is 34.5 Å². The van der Waals surface area contributed by atoms with E-state index in [0.29, 0.717) is 31.4 Å². The van der Waals surface area contributed by atoms with Gasteiger partial charge in [0.15, 0.2) is 5.75 Å². The molecule has 0 unspecified atom stereocenters. The minimum atomic E-state index is -2.20. The molecule has 0 aliphatic carbocycles. The van der Waals surface area contributed by atoms with Gasteiger partial charge in [-0.05, 0) is 12.8 Å². The van der Waals surface area contributed by atoms with Crippen LogP contribution in [0.4, 0.5) is 22.0 Å². The molecule has 0 amide bonds. The zero-order valence-electron chi connectivity index (χ0n) is 10.8. The highest BCUT2D eigenvalue weighted by Gasteiger charge is 2.34. The van der Waals surface area contributed by atoms with E-state index in [1.165, 1.54) is 0 Å². The first kappa shape index (κ1) is 16.5. The average Bonchev–Trinajstić information content (AvgIpc) is 2.52. The Hall–Kier alpha value is -0.890. The molecule has 1 saturated heterocycles. The number of hydrogen-bond acceptors (Lipinski definition) is 2. The van der Waals surface area contributed by atoms with Crippen LogP contribution in [0.15, 0.2) is 0 Å². The van der Waals surface area contributed by atoms with Crippen molar-refractivity contribution in [2.45, 2.75) is 12.8 Å². The molecular weight excluding hydrogens is 363 g/mol. The van der Waals surface area contributed by atoms with Gasteiger partial charge in [0.25, 0.3) is 0 Å². The van der Waals surface area contributed by atoms with Gasteiger partial charge in [-0.15, -0.1) is 0 Å². The fraction of sp³-hybridized carbons (Fsp3) is 0.538. The van der Waals surface area contributed by atoms with E-state index in [-0.39, 0.29) is 6.61 Å². The molecule has 0 saturated carbocycles. The van der Waals surface area contributed by atoms with Gasteiger partial charge in [0.2, 0.25) is 29.1 Å². The van der Waals surface area contributed by atoms with E-state index in [4.69, 9.17) is 9.47 Å². The van der Waals surface area contributed by atoms with Crippen molar-refractivity contribution in [3.8, 4) is 5.75 Å². The largest absolute Gasteiger partial charge is 0.487 e. The molecule has 2 nitrogen and oxygen atoms in total. The van der Waals surface area contributed by atoms with Gasteiger partial charge >= 0.3 is 0 Å². The van der Waals surface area contributed by atoms with Gasteiger partial charge in [-0.25, -0.2) is 13.2 Å². The molecule has 1 fully saturated rings. The first-order chi connectivity index (χ1) is 9.92. The van der Waals surface area contributed by atoms with Crippen molar-refractivity contribution in [3.05, 3.63) is 29.1 Å². The van der Waals surface area contributed by atoms with Crippen LogP contribution in [0.2, 0.25) is 0 Å². The van der Waals surface area contributed by atoms with E-state index in [9.17, 15) is 22.0 Å². The summed E-state index contributed by atoms with van der Waals surface area (Å²) in [6.45, 7) is 0.734. The predicted molar refractivity (Wildman–Crippen MR) is 68.0 cm³/mol. The maximum Gasteiger partial charge on any atom is 0.206 e. The Morgan fingerprint density at radius 1 is 0.905 bits per heavy atom. The third-order valence-electron chi connectivity index (χ3n) is 3.53. The van der Waals surface area contributed by atoms with Crippen molar-refractivity contribution in [3.63, 3.8) is 0 Å². The molecule has 0 aromatic heterocycles. The van der Waals surface area contributed by atoms with Crippen molar-refractivity contribution < 1.29 is 31.4 Å². The summed E-state index contributed by atoms with van der Waals surface area (Å²) >= 11 is 3.29. The van der Waals surface area contributed by atoms with E-state index < -0.39 is 40.3 Å². The fourth-order valence-corrected chi connectivity index (χ4v) is 2.78. The highest BCUT2D eigenvalue weighted by Crippen LogP contribution is 2.35. The topological polar surface area (TPSA) is 18.5 Å². The summed E-state index contributed by atoms with van der Waals surface area (Å²) in [5.74, 6) is -11.4. The van der Waals surface area contributed by atoms with Crippen LogP contribution in [0.5, 0.6) is 5.75 Å². The van der Waals surface area contributed by atoms with Crippen molar-refractivity contribution >= 4 is 15.9 Å². The van der Waals surface area contributed by atoms with Gasteiger partial charge in [-0.3, -0.25) is 0 Å². The number of halogens is 6. The van der Waals surface area contributed by atoms with Crippen LogP contribution < -0.4 is 4.74 Å². The molecule has 0 N–H and O–H groups in total. The van der Waals surface area contributed by atoms with Crippen LogP contribution >= 0.6 is 15.9 Å². The highest BCUT2D eigenvalue weighted by atomic mass is 79.9. The lowest BCUT2D eigenvalue weighted by atomic mass is 9.83. The first-order valence-corrected chi connectivity index (χ1v) is 7.32. The van der Waals surface area contributed by atoms with Crippen LogP contribution in [0.1, 0.15) is 12.8 Å². The van der Waals surface area contributed by atoms with Gasteiger partial charge in [0.05, 0.1) is 6.61 Å². The van der Waals surface area contributed by atoms with E-state index in [0.717, 1.165) is 0 Å². The second-order valence-electron chi connectivity index (χ2n) is 4.93. The molecule has 1 aliphatic heterocycles. The van der Waals surface area contributed by atoms with Gasteiger partial charge in [-0.1, -0.05) is 15.9 Å². The smallest absolute Gasteiger partial charge is 0.206 e. The Bertz CT molecular complexity index is 503. The van der Waals surface area contributed by atoms with Gasteiger partial charge in [-0.2, -0.15) is 8.78 Å². The second kappa shape index (κ2) is 6.48. The van der Waals surface area contributed by atoms with Crippen molar-refractivity contribution in [1.29, 1.82) is 0 Å². The molecule has 1 aliphatic rings. The summed E-state index contributed by atoms with van der Waals surface area (Å²) in [7, 11) is 0. The average molecular weight is 375 g/mol. The molecular formula is C13H12BrF5O2. The molecule has 1 aromatic carbocycles. The molecule has 118 valence electrons. The quantitative estimate of drug-likeness (QED) is 0.344. The Balaban J connectivity index is 2.24. The molecule has 1 heterocycles. The summed E-state index contributed by atoms with van der Waals surface area (Å²) in [5.41, 5.74) is -0.460. The summed E-state index contributed by atoms with van der Waals surface area (Å²) < 4.78 is 76.2. The molecule has 8 heteroatoms. The van der Waals surface area contributed by atoms with Crippen LogP contribution in [0.25, 0.3) is 0 Å². The van der Waals surface area contributed by atoms with Gasteiger partial charge in [0, 0.05) is 24.0 Å². The lowest BCUT2D eigenvalue weighted by Crippen LogP contribution is -2.37. The summed E-state index contributed by atoms with van der Waals surface area (Å²) in [6, 6.07) is 0. The number of rotatable bonds is 4. The van der Waals surface area contributed by atoms with Crippen LogP contribution in [-0.4, -0.2) is 25.2 Å². The Kier molecular flexibility index (Phi) is 5.08. The zero-order valence-corrected chi connectivity index (χ0v) is 12.4. The standard InChI is InChI=1S/C13H12BrF5O2/c14-5-13(1-3-20-4-2-13)6-21-12-10(18)8(16)7(15)9(17)11(12)19/h1-6H2. The van der Waals surface area contributed by atoms with E-state index in [1.807, 2.05) is 0 Å². The molecule has 0 radical (unpaired) electrons. The Morgan fingerprint density at radius 3 is 1.86 bits per heavy atom. The molecule has 0 spiro atoms. The fourth-order valence-electron chi connectivity index (χ4n) is 2.06. The summed E-state index contributed by atoms with van der Waals surface area (Å²) in [6.07, 6.45) is 1.13. The lowest BCUT2D eigenvalue weighted by Gasteiger charge is -2.35. The molecule has 0 atom stereocenters.